The number of aromatic nitrogens is 4. The summed E-state index contributed by atoms with van der Waals surface area (Å²) < 4.78 is 5.85. The van der Waals surface area contributed by atoms with Crippen molar-refractivity contribution in [3.63, 3.8) is 0 Å². The number of nitrogen functional groups attached to an aromatic ring is 1. The number of nitrogens with two attached hydrogens (primary N) is 1. The minimum atomic E-state index is 0.484. The number of hydrogen-bond acceptors (Lipinski definition) is 5. The van der Waals surface area contributed by atoms with Crippen LogP contribution in [0.25, 0.3) is 22.4 Å². The molecule has 3 aromatic heterocycles. The van der Waals surface area contributed by atoms with E-state index >= 15 is 0 Å². The maximum absolute atomic E-state index is 5.85. The van der Waals surface area contributed by atoms with E-state index in [1.807, 2.05) is 24.3 Å². The van der Waals surface area contributed by atoms with E-state index in [1.54, 1.807) is 30.5 Å². The first-order chi connectivity index (χ1) is 11.3. The number of ether oxygens (including phenoxy) is 1. The van der Waals surface area contributed by atoms with Gasteiger partial charge in [0, 0.05) is 11.9 Å². The zero-order valence-corrected chi connectivity index (χ0v) is 12.1. The minimum Gasteiger partial charge on any atom is -0.438 e. The molecule has 0 fully saturated rings. The predicted octanol–water partition coefficient (Wildman–Crippen LogP) is 3.39. The summed E-state index contributed by atoms with van der Waals surface area (Å²) in [6, 6.07) is 14.8. The van der Waals surface area contributed by atoms with Crippen molar-refractivity contribution in [2.75, 3.05) is 5.73 Å². The average Bonchev–Trinajstić information content (AvgIpc) is 3.03. The molecular formula is C17H13N5O. The van der Waals surface area contributed by atoms with Crippen molar-refractivity contribution in [2.24, 2.45) is 0 Å². The number of pyridine rings is 1. The Bertz CT molecular complexity index is 948. The van der Waals surface area contributed by atoms with Gasteiger partial charge in [-0.15, -0.1) is 0 Å². The fourth-order valence-electron chi connectivity index (χ4n) is 2.31. The van der Waals surface area contributed by atoms with E-state index in [4.69, 9.17) is 10.5 Å². The van der Waals surface area contributed by atoms with Crippen LogP contribution in [0.15, 0.2) is 61.1 Å². The van der Waals surface area contributed by atoms with E-state index < -0.39 is 0 Å². The van der Waals surface area contributed by atoms with Gasteiger partial charge in [-0.05, 0) is 42.5 Å². The van der Waals surface area contributed by atoms with Crippen molar-refractivity contribution in [3.05, 3.63) is 61.1 Å². The minimum absolute atomic E-state index is 0.484. The molecule has 3 heterocycles. The van der Waals surface area contributed by atoms with Crippen LogP contribution in [0.2, 0.25) is 0 Å². The number of nitrogens with one attached hydrogen (secondary N) is 1. The number of nitrogens with zero attached hydrogens (tertiary/aromatic N) is 3. The molecule has 3 N–H and O–H groups in total. The summed E-state index contributed by atoms with van der Waals surface area (Å²) in [5.74, 6) is 1.15. The predicted molar refractivity (Wildman–Crippen MR) is 88.0 cm³/mol. The summed E-state index contributed by atoms with van der Waals surface area (Å²) in [6.45, 7) is 0. The van der Waals surface area contributed by atoms with Gasteiger partial charge in [0.25, 0.3) is 0 Å². The van der Waals surface area contributed by atoms with Crippen LogP contribution >= 0.6 is 0 Å². The van der Waals surface area contributed by atoms with Crippen molar-refractivity contribution >= 4 is 16.7 Å². The van der Waals surface area contributed by atoms with Crippen molar-refractivity contribution < 1.29 is 4.74 Å². The van der Waals surface area contributed by atoms with Gasteiger partial charge in [0.05, 0.1) is 16.8 Å². The Kier molecular flexibility index (Phi) is 3.12. The molecule has 0 saturated heterocycles. The number of anilines is 1. The normalized spacial score (nSPS) is 10.8. The molecule has 4 aromatic rings. The quantitative estimate of drug-likeness (QED) is 0.566. The largest absolute Gasteiger partial charge is 0.438 e. The molecule has 0 aliphatic heterocycles. The topological polar surface area (TPSA) is 89.7 Å². The van der Waals surface area contributed by atoms with Gasteiger partial charge in [-0.1, -0.05) is 6.07 Å². The molecular weight excluding hydrogens is 290 g/mol. The fraction of sp³-hybridized carbons (Fsp3) is 0. The third-order valence-electron chi connectivity index (χ3n) is 3.42. The molecule has 0 radical (unpaired) electrons. The second-order valence-electron chi connectivity index (χ2n) is 5.01. The zero-order chi connectivity index (χ0) is 15.6. The molecule has 0 bridgehead atoms. The van der Waals surface area contributed by atoms with Crippen LogP contribution in [0.3, 0.4) is 0 Å². The van der Waals surface area contributed by atoms with Gasteiger partial charge in [-0.3, -0.25) is 4.98 Å². The third-order valence-corrected chi connectivity index (χ3v) is 3.42. The Morgan fingerprint density at radius 1 is 0.957 bits per heavy atom. The first-order valence-electron chi connectivity index (χ1n) is 7.08. The summed E-state index contributed by atoms with van der Waals surface area (Å²) in [5, 5.41) is 0.796. The molecule has 4 rings (SSSR count). The van der Waals surface area contributed by atoms with Gasteiger partial charge in [0.1, 0.15) is 17.7 Å². The van der Waals surface area contributed by atoms with Crippen molar-refractivity contribution in [2.45, 2.75) is 0 Å². The number of aromatic amines is 1. The lowest BCUT2D eigenvalue weighted by Gasteiger charge is -2.05. The van der Waals surface area contributed by atoms with Gasteiger partial charge in [-0.25, -0.2) is 9.97 Å². The van der Waals surface area contributed by atoms with Gasteiger partial charge in [0.15, 0.2) is 0 Å². The smallest absolute Gasteiger partial charge is 0.231 e. The van der Waals surface area contributed by atoms with Crippen molar-refractivity contribution in [3.8, 4) is 23.0 Å². The third kappa shape index (κ3) is 2.57. The summed E-state index contributed by atoms with van der Waals surface area (Å²) in [4.78, 5) is 16.0. The summed E-state index contributed by atoms with van der Waals surface area (Å²) >= 11 is 0. The lowest BCUT2D eigenvalue weighted by Crippen LogP contribution is -1.90. The van der Waals surface area contributed by atoms with Crippen LogP contribution < -0.4 is 10.5 Å². The molecule has 0 aliphatic carbocycles. The van der Waals surface area contributed by atoms with Crippen LogP contribution in [0.1, 0.15) is 0 Å². The Morgan fingerprint density at radius 3 is 2.61 bits per heavy atom. The number of fused-ring (bicyclic) bond motifs is 1. The fourth-order valence-corrected chi connectivity index (χ4v) is 2.31. The lowest BCUT2D eigenvalue weighted by atomic mass is 10.2. The molecule has 0 atom stereocenters. The molecule has 1 aromatic carbocycles. The van der Waals surface area contributed by atoms with E-state index in [-0.39, 0.29) is 0 Å². The Labute approximate surface area is 132 Å². The molecule has 6 heteroatoms. The summed E-state index contributed by atoms with van der Waals surface area (Å²) in [7, 11) is 0. The lowest BCUT2D eigenvalue weighted by molar-refractivity contribution is 0.468. The Morgan fingerprint density at radius 2 is 1.83 bits per heavy atom. The highest BCUT2D eigenvalue weighted by Gasteiger charge is 2.11. The van der Waals surface area contributed by atoms with Gasteiger partial charge < -0.3 is 15.5 Å². The van der Waals surface area contributed by atoms with E-state index in [9.17, 15) is 0 Å². The number of rotatable bonds is 3. The molecule has 23 heavy (non-hydrogen) atoms. The molecule has 0 amide bonds. The van der Waals surface area contributed by atoms with Gasteiger partial charge >= 0.3 is 0 Å². The first kappa shape index (κ1) is 13.3. The second kappa shape index (κ2) is 5.42. The molecule has 0 saturated carbocycles. The standard InChI is InChI=1S/C17H13N5O/c18-11-4-6-12(7-5-11)23-17-13-9-15(14-3-1-2-8-19-14)22-16(13)20-10-21-17/h1-10H,18H2,(H,20,21,22). The van der Waals surface area contributed by atoms with Crippen LogP contribution in [0.5, 0.6) is 11.6 Å². The maximum atomic E-state index is 5.85. The van der Waals surface area contributed by atoms with Crippen molar-refractivity contribution in [1.82, 2.24) is 19.9 Å². The molecule has 0 unspecified atom stereocenters. The second-order valence-corrected chi connectivity index (χ2v) is 5.01. The average molecular weight is 303 g/mol. The highest BCUT2D eigenvalue weighted by Crippen LogP contribution is 2.30. The highest BCUT2D eigenvalue weighted by molar-refractivity contribution is 5.86. The van der Waals surface area contributed by atoms with Crippen LogP contribution in [0, 0.1) is 0 Å². The molecule has 0 aliphatic rings. The van der Waals surface area contributed by atoms with Crippen molar-refractivity contribution in [1.29, 1.82) is 0 Å². The maximum Gasteiger partial charge on any atom is 0.231 e. The van der Waals surface area contributed by atoms with Gasteiger partial charge in [-0.2, -0.15) is 0 Å². The number of benzene rings is 1. The molecule has 0 spiro atoms. The van der Waals surface area contributed by atoms with E-state index in [1.165, 1.54) is 6.33 Å². The van der Waals surface area contributed by atoms with Crippen LogP contribution in [-0.2, 0) is 0 Å². The SMILES string of the molecule is Nc1ccc(Oc2ncnc3[nH]c(-c4ccccn4)cc23)cc1. The number of H-pyrrole nitrogens is 1. The molecule has 6 nitrogen and oxygen atoms in total. The zero-order valence-electron chi connectivity index (χ0n) is 12.1. The first-order valence-corrected chi connectivity index (χ1v) is 7.08. The Hall–Kier alpha value is -3.41. The summed E-state index contributed by atoms with van der Waals surface area (Å²) in [5.41, 5.74) is 8.77. The Balaban J connectivity index is 1.75. The molecule has 112 valence electrons. The van der Waals surface area contributed by atoms with E-state index in [0.717, 1.165) is 16.8 Å². The van der Waals surface area contributed by atoms with Gasteiger partial charge in [0.2, 0.25) is 5.88 Å². The van der Waals surface area contributed by atoms with Crippen LogP contribution in [-0.4, -0.2) is 19.9 Å². The van der Waals surface area contributed by atoms with E-state index in [0.29, 0.717) is 23.0 Å². The monoisotopic (exact) mass is 303 g/mol. The number of hydrogen-bond donors (Lipinski definition) is 2. The van der Waals surface area contributed by atoms with Crippen LogP contribution in [0.4, 0.5) is 5.69 Å². The summed E-state index contributed by atoms with van der Waals surface area (Å²) in [6.07, 6.45) is 3.21. The highest BCUT2D eigenvalue weighted by atomic mass is 16.5. The van der Waals surface area contributed by atoms with E-state index in [2.05, 4.69) is 19.9 Å².